The molecule has 0 bridgehead atoms. The van der Waals surface area contributed by atoms with Crippen LogP contribution in [0.15, 0.2) is 25.6 Å². The van der Waals surface area contributed by atoms with Gasteiger partial charge in [-0.05, 0) is 72.4 Å². The van der Waals surface area contributed by atoms with E-state index in [0.29, 0.717) is 6.61 Å². The quantitative estimate of drug-likeness (QED) is 0.564. The van der Waals surface area contributed by atoms with Crippen molar-refractivity contribution in [3.8, 4) is 0 Å². The van der Waals surface area contributed by atoms with Crippen molar-refractivity contribution in [3.63, 3.8) is 0 Å². The summed E-state index contributed by atoms with van der Waals surface area (Å²) in [5.41, 5.74) is 0.912. The minimum Gasteiger partial charge on any atom is -0.466 e. The average Bonchev–Trinajstić information content (AvgIpc) is 2.14. The van der Waals surface area contributed by atoms with Crippen LogP contribution in [0.1, 0.15) is 12.5 Å². The van der Waals surface area contributed by atoms with Gasteiger partial charge in [0.1, 0.15) is 0 Å². The average molecular weight is 401 g/mol. The van der Waals surface area contributed by atoms with Crippen LogP contribution in [0.2, 0.25) is 0 Å². The molecule has 1 aromatic rings. The van der Waals surface area contributed by atoms with Crippen LogP contribution in [0.3, 0.4) is 0 Å². The second kappa shape index (κ2) is 6.01. The second-order valence-corrected chi connectivity index (χ2v) is 5.36. The zero-order chi connectivity index (χ0) is 11.4. The Morgan fingerprint density at radius 2 is 1.80 bits per heavy atom. The molecule has 0 aliphatic carbocycles. The van der Waals surface area contributed by atoms with Gasteiger partial charge in [-0.3, -0.25) is 4.79 Å². The van der Waals surface area contributed by atoms with Crippen LogP contribution in [-0.2, 0) is 16.0 Å². The number of esters is 1. The Kier molecular flexibility index (Phi) is 5.29. The molecule has 0 aromatic heterocycles. The maximum Gasteiger partial charge on any atom is 0.310 e. The zero-order valence-corrected chi connectivity index (χ0v) is 12.8. The third kappa shape index (κ3) is 3.89. The van der Waals surface area contributed by atoms with Crippen LogP contribution < -0.4 is 0 Å². The van der Waals surface area contributed by atoms with E-state index in [1.165, 1.54) is 0 Å². The van der Waals surface area contributed by atoms with Crippen LogP contribution >= 0.6 is 47.8 Å². The molecule has 0 spiro atoms. The van der Waals surface area contributed by atoms with E-state index < -0.39 is 0 Å². The van der Waals surface area contributed by atoms with E-state index in [4.69, 9.17) is 4.74 Å². The van der Waals surface area contributed by atoms with E-state index in [-0.39, 0.29) is 12.4 Å². The van der Waals surface area contributed by atoms with Gasteiger partial charge in [-0.1, -0.05) is 0 Å². The van der Waals surface area contributed by atoms with Crippen molar-refractivity contribution < 1.29 is 9.53 Å². The smallest absolute Gasteiger partial charge is 0.310 e. The molecule has 0 saturated carbocycles. The molecular weight excluding hydrogens is 392 g/mol. The Hall–Kier alpha value is 0.130. The summed E-state index contributed by atoms with van der Waals surface area (Å²) in [6.45, 7) is 2.21. The summed E-state index contributed by atoms with van der Waals surface area (Å²) in [6, 6.07) is 3.79. The van der Waals surface area contributed by atoms with Gasteiger partial charge < -0.3 is 4.74 Å². The summed E-state index contributed by atoms with van der Waals surface area (Å²) in [7, 11) is 0. The van der Waals surface area contributed by atoms with E-state index in [1.807, 2.05) is 12.1 Å². The van der Waals surface area contributed by atoms with Crippen molar-refractivity contribution >= 4 is 53.8 Å². The highest BCUT2D eigenvalue weighted by Crippen LogP contribution is 2.32. The number of halogens is 3. The molecule has 0 heterocycles. The summed E-state index contributed by atoms with van der Waals surface area (Å²) >= 11 is 10.2. The molecule has 0 amide bonds. The Bertz CT molecular complexity index is 354. The molecule has 1 rings (SSSR count). The van der Waals surface area contributed by atoms with Gasteiger partial charge in [-0.15, -0.1) is 0 Å². The summed E-state index contributed by atoms with van der Waals surface area (Å²) in [6.07, 6.45) is 0.290. The monoisotopic (exact) mass is 398 g/mol. The lowest BCUT2D eigenvalue weighted by Gasteiger charge is -2.05. The van der Waals surface area contributed by atoms with Crippen molar-refractivity contribution in [2.45, 2.75) is 13.3 Å². The maximum absolute atomic E-state index is 11.3. The van der Waals surface area contributed by atoms with Crippen molar-refractivity contribution in [1.82, 2.24) is 0 Å². The van der Waals surface area contributed by atoms with Gasteiger partial charge in [0.15, 0.2) is 0 Å². The number of hydrogen-bond donors (Lipinski definition) is 0. The summed E-state index contributed by atoms with van der Waals surface area (Å²) in [5.74, 6) is -0.210. The molecule has 82 valence electrons. The molecule has 2 nitrogen and oxygen atoms in total. The number of carbonyl (C=O) groups is 1. The molecule has 0 fully saturated rings. The first-order valence-electron chi connectivity index (χ1n) is 4.33. The number of carbonyl (C=O) groups excluding carboxylic acids is 1. The minimum atomic E-state index is -0.210. The molecule has 1 aromatic carbocycles. The van der Waals surface area contributed by atoms with E-state index in [0.717, 1.165) is 19.0 Å². The molecule has 0 atom stereocenters. The molecule has 0 saturated heterocycles. The lowest BCUT2D eigenvalue weighted by atomic mass is 10.1. The number of benzene rings is 1. The first-order valence-corrected chi connectivity index (χ1v) is 6.71. The van der Waals surface area contributed by atoms with Gasteiger partial charge in [0.25, 0.3) is 0 Å². The lowest BCUT2D eigenvalue weighted by Crippen LogP contribution is -2.07. The van der Waals surface area contributed by atoms with Crippen molar-refractivity contribution in [2.24, 2.45) is 0 Å². The first-order chi connectivity index (χ1) is 7.04. The van der Waals surface area contributed by atoms with Crippen LogP contribution in [0, 0.1) is 0 Å². The third-order valence-electron chi connectivity index (χ3n) is 1.70. The molecular formula is C10H9Br3O2. The Balaban J connectivity index is 2.83. The fraction of sp³-hybridized carbons (Fsp3) is 0.300. The Labute approximate surface area is 114 Å². The normalized spacial score (nSPS) is 10.1. The largest absolute Gasteiger partial charge is 0.466 e. The van der Waals surface area contributed by atoms with E-state index in [9.17, 15) is 4.79 Å². The van der Waals surface area contributed by atoms with E-state index in [1.54, 1.807) is 6.92 Å². The van der Waals surface area contributed by atoms with Crippen LogP contribution in [-0.4, -0.2) is 12.6 Å². The predicted molar refractivity (Wildman–Crippen MR) is 69.9 cm³/mol. The summed E-state index contributed by atoms with van der Waals surface area (Å²) in [5, 5.41) is 0. The topological polar surface area (TPSA) is 26.3 Å². The molecule has 0 N–H and O–H groups in total. The fourth-order valence-corrected chi connectivity index (χ4v) is 2.60. The van der Waals surface area contributed by atoms with Crippen LogP contribution in [0.5, 0.6) is 0 Å². The number of rotatable bonds is 3. The molecule has 15 heavy (non-hydrogen) atoms. The number of hydrogen-bond acceptors (Lipinski definition) is 2. The molecule has 0 radical (unpaired) electrons. The summed E-state index contributed by atoms with van der Waals surface area (Å²) in [4.78, 5) is 11.3. The SMILES string of the molecule is CCOC(=O)Cc1cc(Br)c(Br)c(Br)c1. The first kappa shape index (κ1) is 13.2. The Morgan fingerprint density at radius 3 is 2.27 bits per heavy atom. The van der Waals surface area contributed by atoms with Gasteiger partial charge in [-0.25, -0.2) is 0 Å². The minimum absolute atomic E-state index is 0.210. The Morgan fingerprint density at radius 1 is 1.27 bits per heavy atom. The van der Waals surface area contributed by atoms with E-state index >= 15 is 0 Å². The van der Waals surface area contributed by atoms with Crippen LogP contribution in [0.25, 0.3) is 0 Å². The van der Waals surface area contributed by atoms with Gasteiger partial charge in [0.05, 0.1) is 13.0 Å². The van der Waals surface area contributed by atoms with Crippen molar-refractivity contribution in [2.75, 3.05) is 6.61 Å². The van der Waals surface area contributed by atoms with Gasteiger partial charge in [0.2, 0.25) is 0 Å². The highest BCUT2D eigenvalue weighted by atomic mass is 79.9. The van der Waals surface area contributed by atoms with Crippen molar-refractivity contribution in [3.05, 3.63) is 31.1 Å². The van der Waals surface area contributed by atoms with Crippen molar-refractivity contribution in [1.29, 1.82) is 0 Å². The molecule has 0 aliphatic heterocycles. The molecule has 0 aliphatic rings. The standard InChI is InChI=1S/C10H9Br3O2/c1-2-15-9(14)5-6-3-7(11)10(13)8(12)4-6/h3-4H,2,5H2,1H3. The highest BCUT2D eigenvalue weighted by Gasteiger charge is 2.08. The highest BCUT2D eigenvalue weighted by molar-refractivity contribution is 9.14. The lowest BCUT2D eigenvalue weighted by molar-refractivity contribution is -0.142. The maximum atomic E-state index is 11.3. The summed E-state index contributed by atoms with van der Waals surface area (Å²) < 4.78 is 7.64. The van der Waals surface area contributed by atoms with Gasteiger partial charge >= 0.3 is 5.97 Å². The second-order valence-electron chi connectivity index (χ2n) is 2.86. The van der Waals surface area contributed by atoms with Crippen LogP contribution in [0.4, 0.5) is 0 Å². The molecule has 5 heteroatoms. The number of ether oxygens (including phenoxy) is 1. The molecule has 0 unspecified atom stereocenters. The zero-order valence-electron chi connectivity index (χ0n) is 8.02. The van der Waals surface area contributed by atoms with Gasteiger partial charge in [-0.2, -0.15) is 0 Å². The predicted octanol–water partition coefficient (Wildman–Crippen LogP) is 4.08. The fourth-order valence-electron chi connectivity index (χ4n) is 1.09. The third-order valence-corrected chi connectivity index (χ3v) is 4.87. The van der Waals surface area contributed by atoms with Gasteiger partial charge in [0, 0.05) is 13.4 Å². The van der Waals surface area contributed by atoms with E-state index in [2.05, 4.69) is 47.8 Å².